The van der Waals surface area contributed by atoms with Crippen molar-refractivity contribution in [1.82, 2.24) is 30.3 Å². The minimum absolute atomic E-state index is 0.0478. The third-order valence-electron chi connectivity index (χ3n) is 9.00. The molecule has 3 atom stereocenters. The molecule has 4 heterocycles. The molecule has 12 heteroatoms. The van der Waals surface area contributed by atoms with E-state index in [1.807, 2.05) is 51.2 Å². The van der Waals surface area contributed by atoms with Crippen LogP contribution in [0, 0.1) is 24.7 Å². The number of rotatable bonds is 9. The lowest BCUT2D eigenvalue weighted by atomic mass is 9.79. The first kappa shape index (κ1) is 32.3. The van der Waals surface area contributed by atoms with Gasteiger partial charge in [-0.3, -0.25) is 14.4 Å². The maximum absolute atomic E-state index is 13.8. The van der Waals surface area contributed by atoms with Crippen molar-refractivity contribution in [3.05, 3.63) is 82.3 Å². The minimum atomic E-state index is -0.507. The van der Waals surface area contributed by atoms with E-state index in [0.717, 1.165) is 22.2 Å². The zero-order valence-electron chi connectivity index (χ0n) is 27.0. The van der Waals surface area contributed by atoms with Crippen molar-refractivity contribution in [2.45, 2.75) is 39.8 Å². The number of amides is 3. The van der Waals surface area contributed by atoms with E-state index in [9.17, 15) is 14.4 Å². The fraction of sp³-hybridized carbons (Fsp3) is 0.400. The molecule has 246 valence electrons. The van der Waals surface area contributed by atoms with Crippen LogP contribution in [-0.4, -0.2) is 82.1 Å². The summed E-state index contributed by atoms with van der Waals surface area (Å²) in [5, 5.41) is 12.8. The van der Waals surface area contributed by atoms with Gasteiger partial charge in [0.15, 0.2) is 11.5 Å². The summed E-state index contributed by atoms with van der Waals surface area (Å²) in [5.41, 5.74) is 3.64. The van der Waals surface area contributed by atoms with Crippen LogP contribution in [0.25, 0.3) is 10.9 Å². The Balaban J connectivity index is 1.21. The van der Waals surface area contributed by atoms with Gasteiger partial charge in [-0.15, -0.1) is 0 Å². The molecule has 2 fully saturated rings. The fourth-order valence-electron chi connectivity index (χ4n) is 6.67. The molecule has 2 aromatic heterocycles. The molecule has 2 aromatic carbocycles. The highest BCUT2D eigenvalue weighted by Gasteiger charge is 2.47. The zero-order chi connectivity index (χ0) is 33.2. The summed E-state index contributed by atoms with van der Waals surface area (Å²) in [6.45, 7) is 7.48. The van der Waals surface area contributed by atoms with Gasteiger partial charge in [-0.2, -0.15) is 10.2 Å². The second-order valence-electron chi connectivity index (χ2n) is 12.6. The summed E-state index contributed by atoms with van der Waals surface area (Å²) in [6, 6.07) is 14.4. The highest BCUT2D eigenvalue weighted by molar-refractivity contribution is 6.31. The predicted octanol–water partition coefficient (Wildman–Crippen LogP) is 4.42. The monoisotopic (exact) mass is 658 g/mol. The van der Waals surface area contributed by atoms with Crippen molar-refractivity contribution in [3.8, 4) is 11.5 Å². The number of piperidine rings is 1. The standard InChI is InChI=1S/C35H39ClN6O5/c1-20(2)47-31-10-6-22(11-32(31)46-4)35(45)42-17-24-16-41(33(43)12-23-14-37-30-13-25(36)7-9-27(23)30)19-29(28(24)18-42)34(44)38-15-26-8-5-21(3)39-40-26/h5-11,13-14,20,24,28-29,37H,12,15-19H2,1-4H3,(H,38,44)/t24?,28-,29?/m0/s1. The lowest BCUT2D eigenvalue weighted by Crippen LogP contribution is -2.53. The number of nitrogens with one attached hydrogen (secondary N) is 2. The lowest BCUT2D eigenvalue weighted by Gasteiger charge is -2.39. The number of benzene rings is 2. The van der Waals surface area contributed by atoms with E-state index in [-0.39, 0.29) is 55.2 Å². The second-order valence-corrected chi connectivity index (χ2v) is 13.1. The van der Waals surface area contributed by atoms with Gasteiger partial charge in [0, 0.05) is 53.9 Å². The molecule has 4 aromatic rings. The van der Waals surface area contributed by atoms with Crippen LogP contribution in [-0.2, 0) is 22.6 Å². The molecule has 2 saturated heterocycles. The number of hydrogen-bond acceptors (Lipinski definition) is 7. The summed E-state index contributed by atoms with van der Waals surface area (Å²) >= 11 is 6.16. The molecule has 3 amide bonds. The molecule has 11 nitrogen and oxygen atoms in total. The van der Waals surface area contributed by atoms with Crippen molar-refractivity contribution in [2.24, 2.45) is 17.8 Å². The average Bonchev–Trinajstić information content (AvgIpc) is 3.67. The van der Waals surface area contributed by atoms with Gasteiger partial charge in [0.25, 0.3) is 5.91 Å². The molecule has 2 aliphatic rings. The number of likely N-dealkylation sites (tertiary alicyclic amines) is 2. The van der Waals surface area contributed by atoms with Crippen LogP contribution in [0.3, 0.4) is 0 Å². The van der Waals surface area contributed by atoms with Gasteiger partial charge in [-0.1, -0.05) is 17.7 Å². The maximum atomic E-state index is 13.8. The SMILES string of the molecule is COc1cc(C(=O)N2CC3CN(C(=O)Cc4c[nH]c5cc(Cl)ccc45)CC(C(=O)NCc4ccc(C)nn4)[C@H]3C2)ccc1OC(C)C. The predicted molar refractivity (Wildman–Crippen MR) is 177 cm³/mol. The smallest absolute Gasteiger partial charge is 0.254 e. The number of methoxy groups -OCH3 is 1. The number of aryl methyl sites for hydroxylation is 1. The topological polar surface area (TPSA) is 130 Å². The number of nitrogens with zero attached hydrogens (tertiary/aromatic N) is 4. The first-order chi connectivity index (χ1) is 22.6. The Kier molecular flexibility index (Phi) is 9.35. The van der Waals surface area contributed by atoms with Gasteiger partial charge in [-0.05, 0) is 80.6 Å². The molecule has 0 bridgehead atoms. The molecule has 2 N–H and O–H groups in total. The first-order valence-electron chi connectivity index (χ1n) is 15.8. The molecular weight excluding hydrogens is 620 g/mol. The molecule has 6 rings (SSSR count). The molecular formula is C35H39ClN6O5. The molecule has 0 aliphatic carbocycles. The Morgan fingerprint density at radius 2 is 1.81 bits per heavy atom. The molecule has 0 spiro atoms. The Morgan fingerprint density at radius 1 is 1.00 bits per heavy atom. The van der Waals surface area contributed by atoms with E-state index in [1.54, 1.807) is 41.2 Å². The zero-order valence-corrected chi connectivity index (χ0v) is 27.7. The van der Waals surface area contributed by atoms with E-state index < -0.39 is 5.92 Å². The van der Waals surface area contributed by atoms with Crippen molar-refractivity contribution in [2.75, 3.05) is 33.3 Å². The van der Waals surface area contributed by atoms with Gasteiger partial charge in [0.05, 0.1) is 43.5 Å². The number of carbonyl (C=O) groups is 3. The van der Waals surface area contributed by atoms with Crippen molar-refractivity contribution in [1.29, 1.82) is 0 Å². The summed E-state index contributed by atoms with van der Waals surface area (Å²) in [4.78, 5) is 48.1. The third kappa shape index (κ3) is 7.05. The largest absolute Gasteiger partial charge is 0.493 e. The molecule has 0 radical (unpaired) electrons. The van der Waals surface area contributed by atoms with Crippen LogP contribution in [0.4, 0.5) is 0 Å². The normalized spacial score (nSPS) is 19.1. The van der Waals surface area contributed by atoms with Crippen LogP contribution in [0.2, 0.25) is 5.02 Å². The van der Waals surface area contributed by atoms with E-state index >= 15 is 0 Å². The van der Waals surface area contributed by atoms with E-state index in [0.29, 0.717) is 47.4 Å². The molecule has 47 heavy (non-hydrogen) atoms. The van der Waals surface area contributed by atoms with Gasteiger partial charge < -0.3 is 29.6 Å². The van der Waals surface area contributed by atoms with Gasteiger partial charge in [0.1, 0.15) is 0 Å². The summed E-state index contributed by atoms with van der Waals surface area (Å²) < 4.78 is 11.3. The number of H-pyrrole nitrogens is 1. The Labute approximate surface area is 278 Å². The van der Waals surface area contributed by atoms with Crippen LogP contribution in [0.5, 0.6) is 11.5 Å². The number of aromatic nitrogens is 3. The molecule has 2 aliphatic heterocycles. The highest BCUT2D eigenvalue weighted by atomic mass is 35.5. The van der Waals surface area contributed by atoms with Crippen LogP contribution < -0.4 is 14.8 Å². The van der Waals surface area contributed by atoms with Crippen LogP contribution >= 0.6 is 11.6 Å². The van der Waals surface area contributed by atoms with Gasteiger partial charge in [-0.25, -0.2) is 0 Å². The Hall–Kier alpha value is -4.64. The summed E-state index contributed by atoms with van der Waals surface area (Å²) in [6.07, 6.45) is 1.97. The number of halogens is 1. The first-order valence-corrected chi connectivity index (χ1v) is 16.2. The fourth-order valence-corrected chi connectivity index (χ4v) is 6.84. The van der Waals surface area contributed by atoms with E-state index in [1.165, 1.54) is 0 Å². The van der Waals surface area contributed by atoms with Gasteiger partial charge in [0.2, 0.25) is 11.8 Å². The Morgan fingerprint density at radius 3 is 2.55 bits per heavy atom. The molecule has 2 unspecified atom stereocenters. The third-order valence-corrected chi connectivity index (χ3v) is 9.23. The highest BCUT2D eigenvalue weighted by Crippen LogP contribution is 2.37. The van der Waals surface area contributed by atoms with E-state index in [2.05, 4.69) is 20.5 Å². The number of ether oxygens (including phenoxy) is 2. The maximum Gasteiger partial charge on any atom is 0.254 e. The number of hydrogen-bond donors (Lipinski definition) is 2. The van der Waals surface area contributed by atoms with Gasteiger partial charge >= 0.3 is 0 Å². The minimum Gasteiger partial charge on any atom is -0.493 e. The number of carbonyl (C=O) groups excluding carboxylic acids is 3. The number of aromatic amines is 1. The van der Waals surface area contributed by atoms with Crippen molar-refractivity contribution >= 4 is 40.2 Å². The molecule has 0 saturated carbocycles. The second kappa shape index (κ2) is 13.6. The lowest BCUT2D eigenvalue weighted by molar-refractivity contribution is -0.138. The summed E-state index contributed by atoms with van der Waals surface area (Å²) in [7, 11) is 1.55. The van der Waals surface area contributed by atoms with Crippen LogP contribution in [0.15, 0.2) is 54.7 Å². The van der Waals surface area contributed by atoms with Crippen molar-refractivity contribution in [3.63, 3.8) is 0 Å². The average molecular weight is 659 g/mol. The van der Waals surface area contributed by atoms with Crippen molar-refractivity contribution < 1.29 is 23.9 Å². The Bertz CT molecular complexity index is 1790. The van der Waals surface area contributed by atoms with Crippen LogP contribution in [0.1, 0.15) is 41.2 Å². The number of fused-ring (bicyclic) bond motifs is 2. The summed E-state index contributed by atoms with van der Waals surface area (Å²) in [5.74, 6) is -0.0492. The van der Waals surface area contributed by atoms with E-state index in [4.69, 9.17) is 21.1 Å². The quantitative estimate of drug-likeness (QED) is 0.272.